The summed E-state index contributed by atoms with van der Waals surface area (Å²) in [6, 6.07) is 17.3. The van der Waals surface area contributed by atoms with E-state index in [1.54, 1.807) is 0 Å². The Morgan fingerprint density at radius 2 is 1.74 bits per heavy atom. The monoisotopic (exact) mass is 481 g/mol. The van der Waals surface area contributed by atoms with Gasteiger partial charge in [0.1, 0.15) is 6.61 Å². The molecule has 1 atom stereocenters. The first-order chi connectivity index (χ1) is 17.0. The van der Waals surface area contributed by atoms with E-state index in [9.17, 15) is 14.4 Å². The largest absolute Gasteiger partial charge is 0.479 e. The van der Waals surface area contributed by atoms with Crippen LogP contribution in [-0.4, -0.2) is 54.7 Å². The molecule has 0 saturated heterocycles. The number of hydrogen-bond acceptors (Lipinski definition) is 8. The minimum absolute atomic E-state index is 0.0681. The van der Waals surface area contributed by atoms with Crippen molar-refractivity contribution in [1.29, 1.82) is 0 Å². The van der Waals surface area contributed by atoms with Crippen molar-refractivity contribution in [3.8, 4) is 11.1 Å². The van der Waals surface area contributed by atoms with Crippen LogP contribution >= 0.6 is 0 Å². The number of rotatable bonds is 10. The van der Waals surface area contributed by atoms with E-state index in [0.29, 0.717) is 0 Å². The Labute approximate surface area is 199 Å². The number of carbonyl (C=O) groups excluding carboxylic acids is 2. The maximum Gasteiger partial charge on any atom is 0.407 e. The lowest BCUT2D eigenvalue weighted by molar-refractivity contribution is -0.158. The molecular weight excluding hydrogens is 458 g/mol. The maximum absolute atomic E-state index is 12.3. The predicted octanol–water partition coefficient (Wildman–Crippen LogP) is 2.47. The molecule has 0 saturated carbocycles. The Morgan fingerprint density at radius 1 is 1.09 bits per heavy atom. The smallest absolute Gasteiger partial charge is 0.407 e. The number of hydrogen-bond donors (Lipinski definition) is 3. The van der Waals surface area contributed by atoms with Crippen molar-refractivity contribution in [3.63, 3.8) is 0 Å². The first-order valence-corrected chi connectivity index (χ1v) is 10.7. The first kappa shape index (κ1) is 23.9. The molecule has 0 aliphatic heterocycles. The number of aromatic nitrogens is 1. The van der Waals surface area contributed by atoms with Gasteiger partial charge in [0.2, 0.25) is 6.10 Å². The van der Waals surface area contributed by atoms with Crippen molar-refractivity contribution >= 4 is 18.0 Å². The van der Waals surface area contributed by atoms with Gasteiger partial charge in [0, 0.05) is 19.1 Å². The molecule has 11 nitrogen and oxygen atoms in total. The maximum atomic E-state index is 12.3. The SMILES string of the molecule is COCC(ONC(=O)c1cc(CNC(=O)OCC2c3ccccc3-c3ccccc32)on1)C(=O)O. The van der Waals surface area contributed by atoms with Gasteiger partial charge in [-0.05, 0) is 22.3 Å². The summed E-state index contributed by atoms with van der Waals surface area (Å²) in [7, 11) is 1.30. The molecule has 35 heavy (non-hydrogen) atoms. The van der Waals surface area contributed by atoms with Gasteiger partial charge in [0.25, 0.3) is 5.91 Å². The van der Waals surface area contributed by atoms with Gasteiger partial charge in [0.05, 0.1) is 13.2 Å². The number of alkyl carbamates (subject to hydrolysis) is 1. The lowest BCUT2D eigenvalue weighted by Gasteiger charge is -2.14. The molecule has 0 fully saturated rings. The summed E-state index contributed by atoms with van der Waals surface area (Å²) < 4.78 is 15.2. The zero-order chi connectivity index (χ0) is 24.8. The third-order valence-corrected chi connectivity index (χ3v) is 5.43. The lowest BCUT2D eigenvalue weighted by atomic mass is 9.98. The second-order valence-corrected chi connectivity index (χ2v) is 7.69. The average Bonchev–Trinajstić information content (AvgIpc) is 3.47. The Balaban J connectivity index is 1.27. The second-order valence-electron chi connectivity index (χ2n) is 7.69. The Bertz CT molecular complexity index is 1180. The van der Waals surface area contributed by atoms with Crippen molar-refractivity contribution in [2.24, 2.45) is 0 Å². The Hall–Kier alpha value is -4.22. The van der Waals surface area contributed by atoms with Gasteiger partial charge in [-0.3, -0.25) is 9.63 Å². The third-order valence-electron chi connectivity index (χ3n) is 5.43. The third kappa shape index (κ3) is 5.48. The number of carbonyl (C=O) groups is 3. The zero-order valence-electron chi connectivity index (χ0n) is 18.7. The molecule has 4 rings (SSSR count). The van der Waals surface area contributed by atoms with Crippen LogP contribution in [0.4, 0.5) is 4.79 Å². The fourth-order valence-corrected chi connectivity index (χ4v) is 3.80. The molecule has 0 bridgehead atoms. The van der Waals surface area contributed by atoms with Crippen molar-refractivity contribution in [1.82, 2.24) is 16.0 Å². The number of nitrogens with one attached hydrogen (secondary N) is 2. The van der Waals surface area contributed by atoms with Crippen LogP contribution in [-0.2, 0) is 25.7 Å². The standard InChI is InChI=1S/C24H23N3O8/c1-32-13-21(23(29)30)35-27-22(28)20-10-14(34-26-20)11-25-24(31)33-12-19-17-8-4-2-6-15(17)16-7-3-5-9-18(16)19/h2-10,19,21H,11-13H2,1H3,(H,25,31)(H,27,28)(H,29,30). The quantitative estimate of drug-likeness (QED) is 0.371. The van der Waals surface area contributed by atoms with Crippen LogP contribution in [0.2, 0.25) is 0 Å². The highest BCUT2D eigenvalue weighted by atomic mass is 16.7. The van der Waals surface area contributed by atoms with Gasteiger partial charge in [-0.1, -0.05) is 53.7 Å². The highest BCUT2D eigenvalue weighted by Gasteiger charge is 2.29. The lowest BCUT2D eigenvalue weighted by Crippen LogP contribution is -2.37. The number of fused-ring (bicyclic) bond motifs is 3. The van der Waals surface area contributed by atoms with Crippen molar-refractivity contribution in [2.45, 2.75) is 18.6 Å². The summed E-state index contributed by atoms with van der Waals surface area (Å²) in [6.45, 7) is -0.170. The fraction of sp³-hybridized carbons (Fsp3) is 0.250. The summed E-state index contributed by atoms with van der Waals surface area (Å²) in [4.78, 5) is 40.2. The Morgan fingerprint density at radius 3 is 2.37 bits per heavy atom. The molecular formula is C24H23N3O8. The minimum atomic E-state index is -1.38. The van der Waals surface area contributed by atoms with Gasteiger partial charge in [0.15, 0.2) is 11.5 Å². The number of benzene rings is 2. The van der Waals surface area contributed by atoms with Crippen molar-refractivity contribution < 1.29 is 38.3 Å². The molecule has 0 radical (unpaired) electrons. The van der Waals surface area contributed by atoms with Crippen molar-refractivity contribution in [2.75, 3.05) is 20.3 Å². The van der Waals surface area contributed by atoms with E-state index in [1.165, 1.54) is 13.2 Å². The second kappa shape index (κ2) is 10.8. The molecule has 1 heterocycles. The highest BCUT2D eigenvalue weighted by molar-refractivity contribution is 5.91. The Kier molecular flexibility index (Phi) is 7.38. The molecule has 2 amide bonds. The van der Waals surface area contributed by atoms with Crippen LogP contribution in [0.5, 0.6) is 0 Å². The number of carboxylic acid groups (broad SMARTS) is 1. The summed E-state index contributed by atoms with van der Waals surface area (Å²) in [5.41, 5.74) is 6.28. The molecule has 3 aromatic rings. The van der Waals surface area contributed by atoms with Crippen LogP contribution in [0.3, 0.4) is 0 Å². The molecule has 1 unspecified atom stereocenters. The van der Waals surface area contributed by atoms with E-state index in [2.05, 4.69) is 22.6 Å². The topological polar surface area (TPSA) is 149 Å². The number of aliphatic carboxylic acids is 1. The van der Waals surface area contributed by atoms with Crippen LogP contribution in [0.1, 0.15) is 33.3 Å². The van der Waals surface area contributed by atoms with Gasteiger partial charge >= 0.3 is 12.1 Å². The zero-order valence-corrected chi connectivity index (χ0v) is 18.7. The molecule has 0 spiro atoms. The number of ether oxygens (including phenoxy) is 2. The van der Waals surface area contributed by atoms with E-state index >= 15 is 0 Å². The van der Waals surface area contributed by atoms with Crippen LogP contribution in [0, 0.1) is 0 Å². The van der Waals surface area contributed by atoms with E-state index in [4.69, 9.17) is 23.9 Å². The fourth-order valence-electron chi connectivity index (χ4n) is 3.80. The van der Waals surface area contributed by atoms with E-state index in [-0.39, 0.29) is 37.1 Å². The first-order valence-electron chi connectivity index (χ1n) is 10.7. The highest BCUT2D eigenvalue weighted by Crippen LogP contribution is 2.44. The summed E-state index contributed by atoms with van der Waals surface area (Å²) in [6.07, 6.45) is -2.04. The summed E-state index contributed by atoms with van der Waals surface area (Å²) in [5.74, 6) is -2.00. The van der Waals surface area contributed by atoms with Gasteiger partial charge < -0.3 is 24.4 Å². The van der Waals surface area contributed by atoms with Gasteiger partial charge in [-0.15, -0.1) is 0 Å². The molecule has 1 aliphatic rings. The van der Waals surface area contributed by atoms with Crippen molar-refractivity contribution in [3.05, 3.63) is 77.2 Å². The predicted molar refractivity (Wildman–Crippen MR) is 120 cm³/mol. The number of hydroxylamine groups is 1. The molecule has 11 heteroatoms. The van der Waals surface area contributed by atoms with E-state index in [0.717, 1.165) is 22.3 Å². The minimum Gasteiger partial charge on any atom is -0.479 e. The van der Waals surface area contributed by atoms with Gasteiger partial charge in [-0.2, -0.15) is 0 Å². The van der Waals surface area contributed by atoms with Gasteiger partial charge in [-0.25, -0.2) is 15.1 Å². The number of carboxylic acids is 1. The van der Waals surface area contributed by atoms with Crippen LogP contribution in [0.25, 0.3) is 11.1 Å². The van der Waals surface area contributed by atoms with Crippen LogP contribution < -0.4 is 10.8 Å². The molecule has 1 aliphatic carbocycles. The number of methoxy groups -OCH3 is 1. The van der Waals surface area contributed by atoms with E-state index in [1.807, 2.05) is 41.9 Å². The van der Waals surface area contributed by atoms with Crippen LogP contribution in [0.15, 0.2) is 59.1 Å². The normalized spacial score (nSPS) is 12.9. The number of nitrogens with zero attached hydrogens (tertiary/aromatic N) is 1. The summed E-state index contributed by atoms with van der Waals surface area (Å²) >= 11 is 0. The molecule has 1 aromatic heterocycles. The average molecular weight is 481 g/mol. The number of amides is 2. The van der Waals surface area contributed by atoms with E-state index < -0.39 is 24.1 Å². The molecule has 2 aromatic carbocycles. The molecule has 182 valence electrons. The molecule has 3 N–H and O–H groups in total. The summed E-state index contributed by atoms with van der Waals surface area (Å²) in [5, 5.41) is 15.1.